The number of primary amides is 2. The molecule has 36 heavy (non-hydrogen) atoms. The summed E-state index contributed by atoms with van der Waals surface area (Å²) in [5.41, 5.74) is 16.7. The lowest BCUT2D eigenvalue weighted by atomic mass is 9.99. The number of hydrogen-bond acceptors (Lipinski definition) is 8. The first kappa shape index (κ1) is 30.0. The van der Waals surface area contributed by atoms with Crippen LogP contribution in [0.4, 0.5) is 0 Å². The topological polar surface area (TPSA) is 265 Å². The number of carboxylic acids is 1. The SMILES string of the molecule is CCC(C)C(N)C(=O)NC(CC(N)=O)C(=O)NC(CCC(N)=O)C(=O)NC(Cc1cnc[nH]1)C(=O)O. The zero-order chi connectivity index (χ0) is 27.4. The van der Waals surface area contributed by atoms with E-state index in [1.165, 1.54) is 12.5 Å². The molecule has 1 heterocycles. The number of aromatic amines is 1. The first-order valence-electron chi connectivity index (χ1n) is 11.3. The number of nitrogens with two attached hydrogens (primary N) is 3. The van der Waals surface area contributed by atoms with Gasteiger partial charge in [-0.25, -0.2) is 9.78 Å². The highest BCUT2D eigenvalue weighted by molar-refractivity contribution is 5.96. The summed E-state index contributed by atoms with van der Waals surface area (Å²) < 4.78 is 0. The number of carbonyl (C=O) groups is 6. The Balaban J connectivity index is 3.04. The Morgan fingerprint density at radius 1 is 0.972 bits per heavy atom. The molecule has 1 aromatic rings. The quantitative estimate of drug-likeness (QED) is 0.112. The van der Waals surface area contributed by atoms with E-state index in [0.29, 0.717) is 12.1 Å². The average Bonchev–Trinajstić information content (AvgIpc) is 3.32. The minimum absolute atomic E-state index is 0.134. The van der Waals surface area contributed by atoms with E-state index in [2.05, 4.69) is 25.9 Å². The van der Waals surface area contributed by atoms with Gasteiger partial charge in [-0.1, -0.05) is 20.3 Å². The van der Waals surface area contributed by atoms with Gasteiger partial charge in [0.2, 0.25) is 29.5 Å². The van der Waals surface area contributed by atoms with E-state index in [4.69, 9.17) is 17.2 Å². The van der Waals surface area contributed by atoms with Crippen LogP contribution in [0.1, 0.15) is 45.2 Å². The number of aromatic nitrogens is 2. The third kappa shape index (κ3) is 10.1. The molecule has 0 bridgehead atoms. The van der Waals surface area contributed by atoms with Gasteiger partial charge in [0.1, 0.15) is 18.1 Å². The summed E-state index contributed by atoms with van der Waals surface area (Å²) in [6.07, 6.45) is 2.00. The second kappa shape index (κ2) is 14.4. The van der Waals surface area contributed by atoms with Crippen LogP contribution in [0.15, 0.2) is 12.5 Å². The third-order valence-corrected chi connectivity index (χ3v) is 5.50. The Labute approximate surface area is 207 Å². The molecule has 0 radical (unpaired) electrons. The van der Waals surface area contributed by atoms with Gasteiger partial charge in [-0.3, -0.25) is 24.0 Å². The van der Waals surface area contributed by atoms with Crippen LogP contribution in [0.2, 0.25) is 0 Å². The minimum atomic E-state index is -1.46. The number of hydrogen-bond donors (Lipinski definition) is 8. The highest BCUT2D eigenvalue weighted by Gasteiger charge is 2.32. The minimum Gasteiger partial charge on any atom is -0.480 e. The molecule has 15 heteroatoms. The molecular weight excluding hydrogens is 476 g/mol. The molecule has 200 valence electrons. The summed E-state index contributed by atoms with van der Waals surface area (Å²) in [6.45, 7) is 3.56. The summed E-state index contributed by atoms with van der Waals surface area (Å²) in [5, 5.41) is 16.5. The monoisotopic (exact) mass is 510 g/mol. The Morgan fingerprint density at radius 2 is 1.56 bits per heavy atom. The van der Waals surface area contributed by atoms with Crippen molar-refractivity contribution in [3.8, 4) is 0 Å². The zero-order valence-corrected chi connectivity index (χ0v) is 20.2. The Bertz CT molecular complexity index is 937. The first-order valence-corrected chi connectivity index (χ1v) is 11.3. The Hall–Kier alpha value is -4.01. The molecule has 0 aliphatic carbocycles. The second-order valence-corrected chi connectivity index (χ2v) is 8.39. The molecule has 1 rings (SSSR count). The van der Waals surface area contributed by atoms with Crippen LogP contribution in [0, 0.1) is 5.92 Å². The lowest BCUT2D eigenvalue weighted by Gasteiger charge is -2.25. The van der Waals surface area contributed by atoms with Crippen LogP contribution in [-0.2, 0) is 35.2 Å². The number of carbonyl (C=O) groups excluding carboxylic acids is 5. The standard InChI is InChI=1S/C21H34N8O7/c1-3-10(2)17(24)20(34)28-13(7-16(23)31)19(33)27-12(4-5-15(22)30)18(32)29-14(21(35)36)6-11-8-25-9-26-11/h8-10,12-14,17H,3-7,24H2,1-2H3,(H2,22,30)(H2,23,31)(H,25,26)(H,27,33)(H,28,34)(H,29,32)(H,35,36). The molecule has 0 saturated heterocycles. The summed E-state index contributed by atoms with van der Waals surface area (Å²) in [4.78, 5) is 79.2. The van der Waals surface area contributed by atoms with Crippen LogP contribution in [0.5, 0.6) is 0 Å². The molecule has 0 aromatic carbocycles. The van der Waals surface area contributed by atoms with Crippen molar-refractivity contribution < 1.29 is 33.9 Å². The number of carboxylic acid groups (broad SMARTS) is 1. The molecule has 5 atom stereocenters. The fourth-order valence-corrected chi connectivity index (χ4v) is 3.11. The predicted octanol–water partition coefficient (Wildman–Crippen LogP) is -2.99. The smallest absolute Gasteiger partial charge is 0.326 e. The van der Waals surface area contributed by atoms with Crippen molar-refractivity contribution in [1.82, 2.24) is 25.9 Å². The Kier molecular flexibility index (Phi) is 12.0. The van der Waals surface area contributed by atoms with Crippen LogP contribution < -0.4 is 33.2 Å². The van der Waals surface area contributed by atoms with Crippen molar-refractivity contribution in [2.45, 2.75) is 70.1 Å². The molecule has 0 aliphatic rings. The second-order valence-electron chi connectivity index (χ2n) is 8.39. The van der Waals surface area contributed by atoms with Gasteiger partial charge in [-0.15, -0.1) is 0 Å². The molecule has 0 fully saturated rings. The molecule has 5 unspecified atom stereocenters. The lowest BCUT2D eigenvalue weighted by molar-refractivity contribution is -0.142. The van der Waals surface area contributed by atoms with E-state index in [1.54, 1.807) is 6.92 Å². The van der Waals surface area contributed by atoms with Gasteiger partial charge < -0.3 is 43.2 Å². The number of aliphatic carboxylic acids is 1. The zero-order valence-electron chi connectivity index (χ0n) is 20.2. The van der Waals surface area contributed by atoms with Gasteiger partial charge in [0.25, 0.3) is 0 Å². The average molecular weight is 511 g/mol. The van der Waals surface area contributed by atoms with E-state index in [9.17, 15) is 33.9 Å². The molecule has 15 nitrogen and oxygen atoms in total. The molecule has 0 aliphatic heterocycles. The Morgan fingerprint density at radius 3 is 2.06 bits per heavy atom. The van der Waals surface area contributed by atoms with E-state index >= 15 is 0 Å². The van der Waals surface area contributed by atoms with Crippen LogP contribution in [0.3, 0.4) is 0 Å². The number of nitrogens with zero attached hydrogens (tertiary/aromatic N) is 1. The summed E-state index contributed by atoms with van der Waals surface area (Å²) in [5.74, 6) is -5.82. The van der Waals surface area contributed by atoms with Crippen LogP contribution >= 0.6 is 0 Å². The highest BCUT2D eigenvalue weighted by atomic mass is 16.4. The van der Waals surface area contributed by atoms with Crippen molar-refractivity contribution in [1.29, 1.82) is 0 Å². The van der Waals surface area contributed by atoms with Crippen molar-refractivity contribution in [3.63, 3.8) is 0 Å². The number of nitrogens with one attached hydrogen (secondary N) is 4. The maximum absolute atomic E-state index is 12.9. The largest absolute Gasteiger partial charge is 0.480 e. The van der Waals surface area contributed by atoms with Crippen molar-refractivity contribution in [2.75, 3.05) is 0 Å². The molecule has 5 amide bonds. The number of amides is 5. The van der Waals surface area contributed by atoms with E-state index in [-0.39, 0.29) is 25.2 Å². The highest BCUT2D eigenvalue weighted by Crippen LogP contribution is 2.07. The van der Waals surface area contributed by atoms with Gasteiger partial charge in [0.05, 0.1) is 18.8 Å². The van der Waals surface area contributed by atoms with E-state index in [1.807, 2.05) is 6.92 Å². The number of imidazole rings is 1. The number of rotatable bonds is 16. The van der Waals surface area contributed by atoms with E-state index in [0.717, 1.165) is 0 Å². The van der Waals surface area contributed by atoms with Gasteiger partial charge >= 0.3 is 5.97 Å². The summed E-state index contributed by atoms with van der Waals surface area (Å²) in [6, 6.07) is -5.23. The van der Waals surface area contributed by atoms with Crippen LogP contribution in [0.25, 0.3) is 0 Å². The first-order chi connectivity index (χ1) is 16.8. The molecular formula is C21H34N8O7. The summed E-state index contributed by atoms with van der Waals surface area (Å²) >= 11 is 0. The molecule has 1 aromatic heterocycles. The fourth-order valence-electron chi connectivity index (χ4n) is 3.11. The lowest BCUT2D eigenvalue weighted by Crippen LogP contribution is -2.58. The van der Waals surface area contributed by atoms with Crippen molar-refractivity contribution >= 4 is 35.5 Å². The maximum atomic E-state index is 12.9. The normalized spacial score (nSPS) is 15.0. The van der Waals surface area contributed by atoms with Crippen molar-refractivity contribution in [2.24, 2.45) is 23.1 Å². The number of H-pyrrole nitrogens is 1. The maximum Gasteiger partial charge on any atom is 0.326 e. The van der Waals surface area contributed by atoms with E-state index < -0.39 is 66.1 Å². The summed E-state index contributed by atoms with van der Waals surface area (Å²) in [7, 11) is 0. The fraction of sp³-hybridized carbons (Fsp3) is 0.571. The predicted molar refractivity (Wildman–Crippen MR) is 125 cm³/mol. The molecule has 0 saturated carbocycles. The third-order valence-electron chi connectivity index (χ3n) is 5.50. The van der Waals surface area contributed by atoms with Crippen molar-refractivity contribution in [3.05, 3.63) is 18.2 Å². The van der Waals surface area contributed by atoms with Gasteiger partial charge in [0, 0.05) is 24.7 Å². The molecule has 0 spiro atoms. The molecule has 11 N–H and O–H groups in total. The van der Waals surface area contributed by atoms with Gasteiger partial charge in [0.15, 0.2) is 0 Å². The van der Waals surface area contributed by atoms with Gasteiger partial charge in [-0.05, 0) is 12.3 Å². The van der Waals surface area contributed by atoms with Gasteiger partial charge in [-0.2, -0.15) is 0 Å². The van der Waals surface area contributed by atoms with Crippen LogP contribution in [-0.4, -0.2) is 74.7 Å².